The largest absolute Gasteiger partial charge is 0.379 e. The fourth-order valence-corrected chi connectivity index (χ4v) is 1.84. The molecule has 0 aromatic heterocycles. The summed E-state index contributed by atoms with van der Waals surface area (Å²) in [4.78, 5) is 0. The first kappa shape index (κ1) is 8.27. The second-order valence-corrected chi connectivity index (χ2v) is 4.48. The predicted molar refractivity (Wildman–Crippen MR) is 52.3 cm³/mol. The van der Waals surface area contributed by atoms with Crippen molar-refractivity contribution in [1.82, 2.24) is 0 Å². The molecule has 0 spiro atoms. The molecule has 0 bridgehead atoms. The number of rotatable bonds is 1. The average Bonchev–Trinajstić information content (AvgIpc) is 2.00. The Balaban J connectivity index is 2.33. The van der Waals surface area contributed by atoms with Crippen LogP contribution in [0.2, 0.25) is 0 Å². The third-order valence-corrected chi connectivity index (χ3v) is 2.86. The Hall–Kier alpha value is -0.340. The van der Waals surface area contributed by atoms with Crippen LogP contribution in [0.25, 0.3) is 0 Å². The Morgan fingerprint density at radius 1 is 1.42 bits per heavy atom. The van der Waals surface area contributed by atoms with E-state index >= 15 is 0 Å². The summed E-state index contributed by atoms with van der Waals surface area (Å²) >= 11 is 3.47. The van der Waals surface area contributed by atoms with E-state index in [4.69, 9.17) is 4.74 Å². The third-order valence-electron chi connectivity index (χ3n) is 2.36. The first-order valence-corrected chi connectivity index (χ1v) is 4.84. The van der Waals surface area contributed by atoms with Crippen molar-refractivity contribution in [2.24, 2.45) is 0 Å². The summed E-state index contributed by atoms with van der Waals surface area (Å²) in [7, 11) is 0. The molecule has 2 rings (SSSR count). The highest BCUT2D eigenvalue weighted by Crippen LogP contribution is 2.32. The second-order valence-electron chi connectivity index (χ2n) is 3.56. The monoisotopic (exact) mass is 226 g/mol. The van der Waals surface area contributed by atoms with Crippen LogP contribution < -0.4 is 0 Å². The lowest BCUT2D eigenvalue weighted by molar-refractivity contribution is -0.0500. The minimum Gasteiger partial charge on any atom is -0.379 e. The number of benzene rings is 1. The highest BCUT2D eigenvalue weighted by atomic mass is 79.9. The molecule has 0 aliphatic carbocycles. The molecular weight excluding hydrogens is 216 g/mol. The van der Waals surface area contributed by atoms with Gasteiger partial charge in [0, 0.05) is 9.89 Å². The maximum atomic E-state index is 5.22. The Morgan fingerprint density at radius 3 is 2.67 bits per heavy atom. The van der Waals surface area contributed by atoms with E-state index in [1.165, 1.54) is 5.56 Å². The summed E-state index contributed by atoms with van der Waals surface area (Å²) in [5.74, 6) is 0. The maximum Gasteiger partial charge on any atom is 0.0582 e. The Kier molecular flexibility index (Phi) is 1.97. The van der Waals surface area contributed by atoms with Gasteiger partial charge in [-0.25, -0.2) is 0 Å². The van der Waals surface area contributed by atoms with Gasteiger partial charge in [-0.3, -0.25) is 0 Å². The van der Waals surface area contributed by atoms with Gasteiger partial charge in [0.2, 0.25) is 0 Å². The summed E-state index contributed by atoms with van der Waals surface area (Å²) in [6.07, 6.45) is 0. The van der Waals surface area contributed by atoms with E-state index in [-0.39, 0.29) is 5.41 Å². The molecule has 1 aliphatic heterocycles. The molecule has 1 aromatic carbocycles. The molecule has 2 heteroatoms. The van der Waals surface area contributed by atoms with Gasteiger partial charge in [-0.1, -0.05) is 35.0 Å². The van der Waals surface area contributed by atoms with E-state index in [0.29, 0.717) is 0 Å². The van der Waals surface area contributed by atoms with Crippen LogP contribution >= 0.6 is 15.9 Å². The van der Waals surface area contributed by atoms with Crippen LogP contribution in [0.15, 0.2) is 28.7 Å². The molecule has 0 saturated carbocycles. The molecule has 1 heterocycles. The van der Waals surface area contributed by atoms with Gasteiger partial charge in [-0.05, 0) is 17.7 Å². The van der Waals surface area contributed by atoms with E-state index < -0.39 is 0 Å². The van der Waals surface area contributed by atoms with Crippen molar-refractivity contribution in [3.05, 3.63) is 34.3 Å². The van der Waals surface area contributed by atoms with Gasteiger partial charge in [0.15, 0.2) is 0 Å². The standard InChI is InChI=1S/C10H11BrO/c1-10(6-12-7-10)8-3-2-4-9(11)5-8/h2-5H,6-7H2,1H3. The molecule has 1 aliphatic rings. The van der Waals surface area contributed by atoms with Gasteiger partial charge in [0.05, 0.1) is 13.2 Å². The van der Waals surface area contributed by atoms with E-state index in [0.717, 1.165) is 17.7 Å². The second kappa shape index (κ2) is 2.86. The van der Waals surface area contributed by atoms with Crippen LogP contribution in [-0.2, 0) is 10.2 Å². The highest BCUT2D eigenvalue weighted by molar-refractivity contribution is 9.10. The molecule has 1 saturated heterocycles. The first-order valence-electron chi connectivity index (χ1n) is 4.04. The lowest BCUT2D eigenvalue weighted by atomic mass is 9.81. The quantitative estimate of drug-likeness (QED) is 0.716. The van der Waals surface area contributed by atoms with Crippen molar-refractivity contribution < 1.29 is 4.74 Å². The molecule has 0 N–H and O–H groups in total. The molecule has 1 fully saturated rings. The summed E-state index contributed by atoms with van der Waals surface area (Å²) < 4.78 is 6.36. The molecule has 1 nitrogen and oxygen atoms in total. The fraction of sp³-hybridized carbons (Fsp3) is 0.400. The van der Waals surface area contributed by atoms with E-state index in [1.54, 1.807) is 0 Å². The molecule has 0 unspecified atom stereocenters. The molecule has 12 heavy (non-hydrogen) atoms. The zero-order valence-electron chi connectivity index (χ0n) is 7.01. The van der Waals surface area contributed by atoms with Crippen molar-refractivity contribution >= 4 is 15.9 Å². The molecule has 0 amide bonds. The lowest BCUT2D eigenvalue weighted by Gasteiger charge is -2.38. The third kappa shape index (κ3) is 1.29. The summed E-state index contributed by atoms with van der Waals surface area (Å²) in [6, 6.07) is 8.45. The minimum atomic E-state index is 0.254. The summed E-state index contributed by atoms with van der Waals surface area (Å²) in [5.41, 5.74) is 1.62. The molecule has 1 aromatic rings. The van der Waals surface area contributed by atoms with E-state index in [2.05, 4.69) is 41.1 Å². The number of hydrogen-bond donors (Lipinski definition) is 0. The zero-order chi connectivity index (χ0) is 8.60. The van der Waals surface area contributed by atoms with Gasteiger partial charge in [-0.2, -0.15) is 0 Å². The average molecular weight is 227 g/mol. The summed E-state index contributed by atoms with van der Waals surface area (Å²) in [5, 5.41) is 0. The normalized spacial score (nSPS) is 20.2. The van der Waals surface area contributed by atoms with Crippen LogP contribution in [0.3, 0.4) is 0 Å². The summed E-state index contributed by atoms with van der Waals surface area (Å²) in [6.45, 7) is 3.94. The minimum absolute atomic E-state index is 0.254. The maximum absolute atomic E-state index is 5.22. The van der Waals surface area contributed by atoms with Gasteiger partial charge < -0.3 is 4.74 Å². The molecule has 0 atom stereocenters. The topological polar surface area (TPSA) is 9.23 Å². The Labute approximate surface area is 80.9 Å². The SMILES string of the molecule is CC1(c2cccc(Br)c2)COC1. The smallest absolute Gasteiger partial charge is 0.0582 e. The van der Waals surface area contributed by atoms with Crippen LogP contribution in [0.1, 0.15) is 12.5 Å². The fourth-order valence-electron chi connectivity index (χ4n) is 1.44. The van der Waals surface area contributed by atoms with Crippen molar-refractivity contribution in [2.45, 2.75) is 12.3 Å². The highest BCUT2D eigenvalue weighted by Gasteiger charge is 2.34. The van der Waals surface area contributed by atoms with Gasteiger partial charge >= 0.3 is 0 Å². The van der Waals surface area contributed by atoms with Crippen LogP contribution in [0.5, 0.6) is 0 Å². The number of ether oxygens (including phenoxy) is 1. The Morgan fingerprint density at radius 2 is 2.17 bits per heavy atom. The van der Waals surface area contributed by atoms with Crippen LogP contribution in [-0.4, -0.2) is 13.2 Å². The van der Waals surface area contributed by atoms with Crippen molar-refractivity contribution in [3.8, 4) is 0 Å². The Bertz CT molecular complexity index is 292. The van der Waals surface area contributed by atoms with Gasteiger partial charge in [-0.15, -0.1) is 0 Å². The van der Waals surface area contributed by atoms with E-state index in [9.17, 15) is 0 Å². The van der Waals surface area contributed by atoms with Crippen molar-refractivity contribution in [1.29, 1.82) is 0 Å². The first-order chi connectivity index (χ1) is 5.71. The van der Waals surface area contributed by atoms with Crippen LogP contribution in [0.4, 0.5) is 0 Å². The van der Waals surface area contributed by atoms with Crippen molar-refractivity contribution in [3.63, 3.8) is 0 Å². The number of halogens is 1. The van der Waals surface area contributed by atoms with Gasteiger partial charge in [0.25, 0.3) is 0 Å². The van der Waals surface area contributed by atoms with E-state index in [1.807, 2.05) is 6.07 Å². The van der Waals surface area contributed by atoms with Crippen LogP contribution in [0, 0.1) is 0 Å². The molecular formula is C10H11BrO. The molecule has 64 valence electrons. The number of hydrogen-bond acceptors (Lipinski definition) is 1. The van der Waals surface area contributed by atoms with Crippen molar-refractivity contribution in [2.75, 3.05) is 13.2 Å². The predicted octanol–water partition coefficient (Wildman–Crippen LogP) is 2.74. The lowest BCUT2D eigenvalue weighted by Crippen LogP contribution is -2.43. The molecule has 0 radical (unpaired) electrons. The van der Waals surface area contributed by atoms with Gasteiger partial charge in [0.1, 0.15) is 0 Å². The zero-order valence-corrected chi connectivity index (χ0v) is 8.60.